The molecule has 0 atom stereocenters. The van der Waals surface area contributed by atoms with E-state index in [0.717, 1.165) is 5.75 Å². The molecule has 0 unspecified atom stereocenters. The second kappa shape index (κ2) is 3.50. The maximum atomic E-state index is 5.24. The Kier molecular flexibility index (Phi) is 2.48. The largest absolute Gasteiger partial charge is 0.497 e. The number of hydrogen-bond donors (Lipinski definition) is 0. The molecule has 2 heteroatoms. The molecule has 1 nitrogen and oxygen atoms in total. The Bertz CT molecular complexity index is 344. The maximum absolute atomic E-state index is 5.24. The molecule has 0 bridgehead atoms. The molecule has 1 aliphatic rings. The number of hydrogen-bond acceptors (Lipinski definition) is 2. The van der Waals surface area contributed by atoms with Gasteiger partial charge < -0.3 is 4.74 Å². The fourth-order valence-corrected chi connectivity index (χ4v) is 3.02. The molecular formula is C12H16OS. The molecule has 1 aromatic carbocycles. The molecule has 0 saturated heterocycles. The van der Waals surface area contributed by atoms with Crippen LogP contribution in [0.3, 0.4) is 0 Å². The monoisotopic (exact) mass is 208 g/mol. The first kappa shape index (κ1) is 9.91. The van der Waals surface area contributed by atoms with Crippen molar-refractivity contribution in [1.82, 2.24) is 0 Å². The van der Waals surface area contributed by atoms with Crippen LogP contribution in [0.5, 0.6) is 5.75 Å². The summed E-state index contributed by atoms with van der Waals surface area (Å²) in [6.07, 6.45) is 2.45. The van der Waals surface area contributed by atoms with Crippen LogP contribution in [0.4, 0.5) is 0 Å². The van der Waals surface area contributed by atoms with Crippen LogP contribution in [0.2, 0.25) is 0 Å². The van der Waals surface area contributed by atoms with Crippen LogP contribution in [-0.4, -0.2) is 11.9 Å². The maximum Gasteiger partial charge on any atom is 0.119 e. The minimum atomic E-state index is 0.374. The molecule has 0 radical (unpaired) electrons. The van der Waals surface area contributed by atoms with Crippen molar-refractivity contribution in [2.75, 3.05) is 7.11 Å². The minimum absolute atomic E-state index is 0.374. The van der Waals surface area contributed by atoms with Crippen molar-refractivity contribution in [1.29, 1.82) is 0 Å². The van der Waals surface area contributed by atoms with E-state index < -0.39 is 0 Å². The highest BCUT2D eigenvalue weighted by Crippen LogP contribution is 2.43. The lowest BCUT2D eigenvalue weighted by atomic mass is 10.0. The van der Waals surface area contributed by atoms with Gasteiger partial charge in [0.05, 0.1) is 7.11 Å². The molecular weight excluding hydrogens is 192 g/mol. The van der Waals surface area contributed by atoms with Gasteiger partial charge >= 0.3 is 0 Å². The predicted octanol–water partition coefficient (Wildman–Crippen LogP) is 3.51. The lowest BCUT2D eigenvalue weighted by molar-refractivity contribution is 0.413. The van der Waals surface area contributed by atoms with Gasteiger partial charge in [0.2, 0.25) is 0 Å². The topological polar surface area (TPSA) is 9.23 Å². The van der Waals surface area contributed by atoms with E-state index in [1.807, 2.05) is 11.8 Å². The lowest BCUT2D eigenvalue weighted by Gasteiger charge is -2.30. The van der Waals surface area contributed by atoms with Crippen molar-refractivity contribution in [2.24, 2.45) is 0 Å². The number of methoxy groups -OCH3 is 1. The van der Waals surface area contributed by atoms with Crippen LogP contribution < -0.4 is 4.74 Å². The summed E-state index contributed by atoms with van der Waals surface area (Å²) in [5, 5.41) is 0. The number of aryl methyl sites for hydroxylation is 1. The van der Waals surface area contributed by atoms with Crippen LogP contribution in [0, 0.1) is 0 Å². The van der Waals surface area contributed by atoms with Crippen LogP contribution in [0.25, 0.3) is 0 Å². The summed E-state index contributed by atoms with van der Waals surface area (Å²) in [6, 6.07) is 6.40. The smallest absolute Gasteiger partial charge is 0.119 e. The zero-order valence-electron chi connectivity index (χ0n) is 8.96. The number of rotatable bonds is 1. The van der Waals surface area contributed by atoms with Crippen molar-refractivity contribution >= 4 is 11.8 Å². The normalized spacial score (nSPS) is 18.8. The van der Waals surface area contributed by atoms with Gasteiger partial charge in [0.1, 0.15) is 5.75 Å². The van der Waals surface area contributed by atoms with E-state index in [-0.39, 0.29) is 0 Å². The van der Waals surface area contributed by atoms with E-state index >= 15 is 0 Å². The zero-order valence-corrected chi connectivity index (χ0v) is 9.78. The summed E-state index contributed by atoms with van der Waals surface area (Å²) in [4.78, 5) is 1.39. The summed E-state index contributed by atoms with van der Waals surface area (Å²) < 4.78 is 5.61. The highest BCUT2D eigenvalue weighted by Gasteiger charge is 2.25. The van der Waals surface area contributed by atoms with Gasteiger partial charge in [-0.05, 0) is 30.5 Å². The number of benzene rings is 1. The van der Waals surface area contributed by atoms with Crippen LogP contribution >= 0.6 is 11.8 Å². The van der Waals surface area contributed by atoms with Crippen molar-refractivity contribution < 1.29 is 4.74 Å². The van der Waals surface area contributed by atoms with Gasteiger partial charge in [-0.1, -0.05) is 19.9 Å². The molecule has 1 aromatic rings. The molecule has 0 spiro atoms. The molecule has 0 fully saturated rings. The highest BCUT2D eigenvalue weighted by atomic mass is 32.2. The summed E-state index contributed by atoms with van der Waals surface area (Å²) in [5.74, 6) is 0.967. The lowest BCUT2D eigenvalue weighted by Crippen LogP contribution is -2.20. The number of ether oxygens (including phenoxy) is 1. The molecule has 0 amide bonds. The molecule has 1 aliphatic heterocycles. The van der Waals surface area contributed by atoms with Crippen molar-refractivity contribution in [3.8, 4) is 5.75 Å². The van der Waals surface area contributed by atoms with E-state index in [2.05, 4.69) is 32.0 Å². The van der Waals surface area contributed by atoms with E-state index in [4.69, 9.17) is 4.74 Å². The zero-order chi connectivity index (χ0) is 10.2. The third kappa shape index (κ3) is 1.90. The van der Waals surface area contributed by atoms with Gasteiger partial charge in [-0.2, -0.15) is 0 Å². The van der Waals surface area contributed by atoms with Crippen molar-refractivity contribution in [2.45, 2.75) is 36.3 Å². The molecule has 2 rings (SSSR count). The first-order valence-corrected chi connectivity index (χ1v) is 5.78. The van der Waals surface area contributed by atoms with Gasteiger partial charge in [0, 0.05) is 9.64 Å². The molecule has 0 aromatic heterocycles. The fourth-order valence-electron chi connectivity index (χ4n) is 1.75. The van der Waals surface area contributed by atoms with Crippen LogP contribution in [0.1, 0.15) is 25.8 Å². The average Bonchev–Trinajstić information content (AvgIpc) is 2.15. The van der Waals surface area contributed by atoms with E-state index in [1.165, 1.54) is 23.3 Å². The molecule has 76 valence electrons. The quantitative estimate of drug-likeness (QED) is 0.698. The Morgan fingerprint density at radius 1 is 1.36 bits per heavy atom. The highest BCUT2D eigenvalue weighted by molar-refractivity contribution is 8.00. The van der Waals surface area contributed by atoms with Crippen molar-refractivity contribution in [3.63, 3.8) is 0 Å². The van der Waals surface area contributed by atoms with Crippen LogP contribution in [0.15, 0.2) is 23.1 Å². The van der Waals surface area contributed by atoms with Gasteiger partial charge in [-0.3, -0.25) is 0 Å². The first-order chi connectivity index (χ1) is 6.61. The van der Waals surface area contributed by atoms with Gasteiger partial charge in [-0.25, -0.2) is 0 Å². The van der Waals surface area contributed by atoms with Gasteiger partial charge in [0.25, 0.3) is 0 Å². The Morgan fingerprint density at radius 2 is 2.14 bits per heavy atom. The van der Waals surface area contributed by atoms with E-state index in [0.29, 0.717) is 4.75 Å². The fraction of sp³-hybridized carbons (Fsp3) is 0.500. The number of thioether (sulfide) groups is 1. The first-order valence-electron chi connectivity index (χ1n) is 4.97. The SMILES string of the molecule is COc1ccc2c(c1)SC(C)(C)CC2. The summed E-state index contributed by atoms with van der Waals surface area (Å²) in [6.45, 7) is 4.61. The summed E-state index contributed by atoms with van der Waals surface area (Å²) >= 11 is 1.96. The van der Waals surface area contributed by atoms with E-state index in [9.17, 15) is 0 Å². The molecule has 1 heterocycles. The molecule has 0 saturated carbocycles. The second-order valence-electron chi connectivity index (χ2n) is 4.34. The van der Waals surface area contributed by atoms with Gasteiger partial charge in [-0.15, -0.1) is 11.8 Å². The predicted molar refractivity (Wildman–Crippen MR) is 61.3 cm³/mol. The third-order valence-corrected chi connectivity index (χ3v) is 4.01. The standard InChI is InChI=1S/C12H16OS/c1-12(2)7-6-9-4-5-10(13-3)8-11(9)14-12/h4-5,8H,6-7H2,1-3H3. The minimum Gasteiger partial charge on any atom is -0.497 e. The van der Waals surface area contributed by atoms with Crippen molar-refractivity contribution in [3.05, 3.63) is 23.8 Å². The molecule has 14 heavy (non-hydrogen) atoms. The Balaban J connectivity index is 2.34. The van der Waals surface area contributed by atoms with Crippen LogP contribution in [-0.2, 0) is 6.42 Å². The van der Waals surface area contributed by atoms with E-state index in [1.54, 1.807) is 7.11 Å². The average molecular weight is 208 g/mol. The Morgan fingerprint density at radius 3 is 2.86 bits per heavy atom. The Labute approximate surface area is 89.9 Å². The third-order valence-electron chi connectivity index (χ3n) is 2.66. The molecule has 0 aliphatic carbocycles. The molecule has 0 N–H and O–H groups in total. The summed E-state index contributed by atoms with van der Waals surface area (Å²) in [7, 11) is 1.72. The second-order valence-corrected chi connectivity index (χ2v) is 6.08. The summed E-state index contributed by atoms with van der Waals surface area (Å²) in [5.41, 5.74) is 1.47. The number of fused-ring (bicyclic) bond motifs is 1. The Hall–Kier alpha value is -0.630. The van der Waals surface area contributed by atoms with Gasteiger partial charge in [0.15, 0.2) is 0 Å².